The van der Waals surface area contributed by atoms with E-state index in [1.54, 1.807) is 0 Å². The molecule has 0 bridgehead atoms. The fraction of sp³-hybridized carbons (Fsp3) is 0.767. The van der Waals surface area contributed by atoms with Gasteiger partial charge in [-0.05, 0) is 94.6 Å². The van der Waals surface area contributed by atoms with Crippen LogP contribution >= 0.6 is 0 Å². The van der Waals surface area contributed by atoms with Crippen molar-refractivity contribution in [2.75, 3.05) is 46.4 Å². The molecule has 3 aliphatic heterocycles. The number of hydrogen-bond acceptors (Lipinski definition) is 5. The number of fused-ring (bicyclic) bond motifs is 1. The zero-order valence-corrected chi connectivity index (χ0v) is 22.7. The van der Waals surface area contributed by atoms with Crippen LogP contribution in [0.5, 0.6) is 5.75 Å². The first-order chi connectivity index (χ1) is 17.1. The first-order valence-electron chi connectivity index (χ1n) is 14.4. The van der Waals surface area contributed by atoms with Gasteiger partial charge in [-0.15, -0.1) is 0 Å². The Hall–Kier alpha value is -1.43. The largest absolute Gasteiger partial charge is 0.493 e. The van der Waals surface area contributed by atoms with Crippen molar-refractivity contribution in [3.05, 3.63) is 29.3 Å². The molecule has 0 amide bonds. The van der Waals surface area contributed by atoms with Crippen LogP contribution in [-0.2, 0) is 16.0 Å². The normalized spacial score (nSPS) is 24.1. The van der Waals surface area contributed by atoms with Gasteiger partial charge in [0.15, 0.2) is 0 Å². The second kappa shape index (κ2) is 15.6. The van der Waals surface area contributed by atoms with Gasteiger partial charge >= 0.3 is 0 Å². The van der Waals surface area contributed by atoms with E-state index in [9.17, 15) is 4.79 Å². The van der Waals surface area contributed by atoms with Crippen molar-refractivity contribution in [3.63, 3.8) is 0 Å². The molecule has 4 rings (SSSR count). The Morgan fingerprint density at radius 1 is 1.09 bits per heavy atom. The van der Waals surface area contributed by atoms with Gasteiger partial charge in [0.1, 0.15) is 12.0 Å². The molecule has 0 radical (unpaired) electrons. The van der Waals surface area contributed by atoms with Crippen molar-refractivity contribution < 1.29 is 14.3 Å². The Balaban J connectivity index is 0.000000292. The number of unbranched alkanes of at least 4 members (excludes halogenated alkanes) is 2. The average molecular weight is 487 g/mol. The SMILES string of the molecule is CCCCN(C)CCCC.O=CCN1CC(c2ccc3c(c2)CCO3)CC1CCC1CCCCO1. The summed E-state index contributed by atoms with van der Waals surface area (Å²) in [5.41, 5.74) is 2.76. The third-order valence-electron chi connectivity index (χ3n) is 7.90. The predicted octanol–water partition coefficient (Wildman–Crippen LogP) is 5.85. The maximum absolute atomic E-state index is 11.1. The molecule has 0 aliphatic carbocycles. The Bertz CT molecular complexity index is 726. The van der Waals surface area contributed by atoms with E-state index in [2.05, 4.69) is 48.9 Å². The van der Waals surface area contributed by atoms with E-state index in [0.29, 0.717) is 24.6 Å². The van der Waals surface area contributed by atoms with Crippen molar-refractivity contribution in [2.45, 2.75) is 103 Å². The molecular formula is C30H50N2O3. The van der Waals surface area contributed by atoms with E-state index < -0.39 is 0 Å². The highest BCUT2D eigenvalue weighted by Crippen LogP contribution is 2.37. The maximum Gasteiger partial charge on any atom is 0.133 e. The molecule has 5 nitrogen and oxygen atoms in total. The quantitative estimate of drug-likeness (QED) is 0.347. The highest BCUT2D eigenvalue weighted by Gasteiger charge is 2.33. The minimum absolute atomic E-state index is 0.433. The summed E-state index contributed by atoms with van der Waals surface area (Å²) in [6.07, 6.45) is 15.0. The number of carbonyl (C=O) groups is 1. The summed E-state index contributed by atoms with van der Waals surface area (Å²) in [5, 5.41) is 0. The van der Waals surface area contributed by atoms with Crippen molar-refractivity contribution in [1.29, 1.82) is 0 Å². The second-order valence-electron chi connectivity index (χ2n) is 10.7. The van der Waals surface area contributed by atoms with Gasteiger partial charge < -0.3 is 19.2 Å². The molecule has 1 aromatic carbocycles. The minimum atomic E-state index is 0.433. The van der Waals surface area contributed by atoms with Gasteiger partial charge in [0.25, 0.3) is 0 Å². The lowest BCUT2D eigenvalue weighted by atomic mass is 9.92. The van der Waals surface area contributed by atoms with Crippen LogP contribution in [0.4, 0.5) is 0 Å². The van der Waals surface area contributed by atoms with Gasteiger partial charge in [0.05, 0.1) is 19.3 Å². The van der Waals surface area contributed by atoms with Crippen molar-refractivity contribution in [2.24, 2.45) is 0 Å². The van der Waals surface area contributed by atoms with E-state index in [1.165, 1.54) is 69.2 Å². The minimum Gasteiger partial charge on any atom is -0.493 e. The highest BCUT2D eigenvalue weighted by atomic mass is 16.5. The second-order valence-corrected chi connectivity index (χ2v) is 10.7. The number of ether oxygens (including phenoxy) is 2. The molecule has 5 heteroatoms. The monoisotopic (exact) mass is 486 g/mol. The number of carbonyl (C=O) groups excluding carboxylic acids is 1. The van der Waals surface area contributed by atoms with Gasteiger partial charge in [0.2, 0.25) is 0 Å². The summed E-state index contributed by atoms with van der Waals surface area (Å²) in [4.78, 5) is 15.9. The number of benzene rings is 1. The van der Waals surface area contributed by atoms with E-state index in [0.717, 1.165) is 57.5 Å². The molecule has 0 saturated carbocycles. The van der Waals surface area contributed by atoms with Gasteiger partial charge in [-0.2, -0.15) is 0 Å². The molecule has 2 saturated heterocycles. The summed E-state index contributed by atoms with van der Waals surface area (Å²) in [7, 11) is 2.21. The van der Waals surface area contributed by atoms with E-state index >= 15 is 0 Å². The molecule has 3 unspecified atom stereocenters. The lowest BCUT2D eigenvalue weighted by molar-refractivity contribution is -0.109. The number of rotatable bonds is 12. The first kappa shape index (κ1) is 28.1. The number of aldehydes is 1. The van der Waals surface area contributed by atoms with Crippen molar-refractivity contribution in [3.8, 4) is 5.75 Å². The van der Waals surface area contributed by atoms with Crippen LogP contribution in [0, 0.1) is 0 Å². The van der Waals surface area contributed by atoms with Crippen LogP contribution in [-0.4, -0.2) is 74.7 Å². The zero-order chi connectivity index (χ0) is 24.9. The van der Waals surface area contributed by atoms with Crippen LogP contribution in [0.15, 0.2) is 18.2 Å². The fourth-order valence-corrected chi connectivity index (χ4v) is 5.69. The Morgan fingerprint density at radius 2 is 1.89 bits per heavy atom. The molecule has 1 aromatic rings. The molecule has 2 fully saturated rings. The van der Waals surface area contributed by atoms with E-state index in [-0.39, 0.29) is 0 Å². The fourth-order valence-electron chi connectivity index (χ4n) is 5.69. The van der Waals surface area contributed by atoms with Crippen LogP contribution in [0.3, 0.4) is 0 Å². The molecule has 0 N–H and O–H groups in total. The summed E-state index contributed by atoms with van der Waals surface area (Å²) in [5.74, 6) is 1.58. The number of hydrogen-bond donors (Lipinski definition) is 0. The highest BCUT2D eigenvalue weighted by molar-refractivity contribution is 5.52. The maximum atomic E-state index is 11.1. The lowest BCUT2D eigenvalue weighted by Gasteiger charge is -2.26. The summed E-state index contributed by atoms with van der Waals surface area (Å²) in [6.45, 7) is 10.3. The molecule has 35 heavy (non-hydrogen) atoms. The Morgan fingerprint density at radius 3 is 2.57 bits per heavy atom. The molecule has 3 heterocycles. The van der Waals surface area contributed by atoms with E-state index in [4.69, 9.17) is 9.47 Å². The standard InChI is InChI=1S/C21H29NO3.C9H21N/c23-10-9-22-15-18(16-4-7-21-17(13-16)8-12-25-21)14-19(22)5-6-20-3-1-2-11-24-20;1-4-6-8-10(3)9-7-5-2/h4,7,10,13,18-20H,1-3,5-6,8-9,11-12,14-15H2;4-9H2,1-3H3. The van der Waals surface area contributed by atoms with Crippen LogP contribution in [0.2, 0.25) is 0 Å². The predicted molar refractivity (Wildman–Crippen MR) is 145 cm³/mol. The van der Waals surface area contributed by atoms with E-state index in [1.807, 2.05) is 0 Å². The lowest BCUT2D eigenvalue weighted by Crippen LogP contribution is -2.32. The first-order valence-corrected chi connectivity index (χ1v) is 14.4. The average Bonchev–Trinajstić information content (AvgIpc) is 3.52. The van der Waals surface area contributed by atoms with Crippen molar-refractivity contribution >= 4 is 6.29 Å². The summed E-state index contributed by atoms with van der Waals surface area (Å²) >= 11 is 0. The van der Waals surface area contributed by atoms with Gasteiger partial charge in [-0.3, -0.25) is 4.90 Å². The van der Waals surface area contributed by atoms with Crippen LogP contribution in [0.25, 0.3) is 0 Å². The third kappa shape index (κ3) is 9.18. The van der Waals surface area contributed by atoms with Crippen LogP contribution in [0.1, 0.15) is 95.1 Å². The molecular weight excluding hydrogens is 436 g/mol. The number of likely N-dealkylation sites (tertiary alicyclic amines) is 1. The van der Waals surface area contributed by atoms with Gasteiger partial charge in [-0.25, -0.2) is 0 Å². The molecule has 198 valence electrons. The smallest absolute Gasteiger partial charge is 0.133 e. The van der Waals surface area contributed by atoms with Crippen LogP contribution < -0.4 is 4.74 Å². The van der Waals surface area contributed by atoms with Gasteiger partial charge in [0, 0.05) is 25.6 Å². The molecule has 3 aliphatic rings. The third-order valence-corrected chi connectivity index (χ3v) is 7.90. The van der Waals surface area contributed by atoms with Crippen molar-refractivity contribution in [1.82, 2.24) is 9.80 Å². The molecule has 3 atom stereocenters. The number of nitrogens with zero attached hydrogens (tertiary/aromatic N) is 2. The summed E-state index contributed by atoms with van der Waals surface area (Å²) < 4.78 is 11.5. The van der Waals surface area contributed by atoms with Gasteiger partial charge in [-0.1, -0.05) is 38.8 Å². The summed E-state index contributed by atoms with van der Waals surface area (Å²) in [6, 6.07) is 7.19. The molecule has 0 spiro atoms. The Kier molecular flexibility index (Phi) is 12.6. The molecule has 0 aromatic heterocycles. The topological polar surface area (TPSA) is 42.0 Å². The zero-order valence-electron chi connectivity index (χ0n) is 22.7. The Labute approximate surface area is 214 Å².